The molecule has 1 aromatic carbocycles. The number of aryl methyl sites for hydroxylation is 1. The van der Waals surface area contributed by atoms with Gasteiger partial charge in [-0.1, -0.05) is 57.2 Å². The maximum atomic E-state index is 10.2. The summed E-state index contributed by atoms with van der Waals surface area (Å²) in [5, 5.41) is 10.2. The van der Waals surface area contributed by atoms with Gasteiger partial charge in [-0.3, -0.25) is 0 Å². The summed E-state index contributed by atoms with van der Waals surface area (Å²) in [4.78, 5) is 0. The second kappa shape index (κ2) is 7.38. The summed E-state index contributed by atoms with van der Waals surface area (Å²) in [5.41, 5.74) is 1.38. The summed E-state index contributed by atoms with van der Waals surface area (Å²) in [7, 11) is 0. The molecule has 18 heavy (non-hydrogen) atoms. The van der Waals surface area contributed by atoms with Gasteiger partial charge in [-0.25, -0.2) is 0 Å². The molecule has 0 fully saturated rings. The number of hydrogen-bond acceptors (Lipinski definition) is 1. The van der Waals surface area contributed by atoms with Crippen molar-refractivity contribution >= 4 is 0 Å². The number of aliphatic hydroxyl groups excluding tert-OH is 1. The fraction of sp³-hybridized carbons (Fsp3) is 0.529. The normalized spacial score (nSPS) is 17.8. The molecule has 0 aromatic heterocycles. The molecule has 100 valence electrons. The van der Waals surface area contributed by atoms with Gasteiger partial charge in [0, 0.05) is 0 Å². The van der Waals surface area contributed by atoms with Crippen LogP contribution in [-0.4, -0.2) is 11.2 Å². The van der Waals surface area contributed by atoms with E-state index in [0.717, 1.165) is 12.8 Å². The van der Waals surface area contributed by atoms with Gasteiger partial charge < -0.3 is 5.11 Å². The first-order valence-corrected chi connectivity index (χ1v) is 6.90. The molecule has 0 radical (unpaired) electrons. The van der Waals surface area contributed by atoms with Gasteiger partial charge in [0.25, 0.3) is 0 Å². The average Bonchev–Trinajstić information content (AvgIpc) is 2.43. The first-order chi connectivity index (χ1) is 8.56. The fourth-order valence-electron chi connectivity index (χ4n) is 2.26. The Balaban J connectivity index is 2.45. The third-order valence-corrected chi connectivity index (χ3v) is 4.08. The molecule has 0 aliphatic heterocycles. The Bertz CT molecular complexity index is 344. The van der Waals surface area contributed by atoms with Gasteiger partial charge in [-0.05, 0) is 36.2 Å². The van der Waals surface area contributed by atoms with Gasteiger partial charge in [-0.2, -0.15) is 0 Å². The van der Waals surface area contributed by atoms with E-state index in [9.17, 15) is 5.11 Å². The van der Waals surface area contributed by atoms with E-state index >= 15 is 0 Å². The summed E-state index contributed by atoms with van der Waals surface area (Å²) in [5.74, 6) is 0.989. The highest BCUT2D eigenvalue weighted by Gasteiger charge is 2.23. The van der Waals surface area contributed by atoms with E-state index in [-0.39, 0.29) is 12.0 Å². The lowest BCUT2D eigenvalue weighted by atomic mass is 9.82. The second-order valence-electron chi connectivity index (χ2n) is 5.45. The summed E-state index contributed by atoms with van der Waals surface area (Å²) in [6.07, 6.45) is 3.76. The Morgan fingerprint density at radius 2 is 1.78 bits per heavy atom. The lowest BCUT2D eigenvalue weighted by Crippen LogP contribution is -2.29. The maximum Gasteiger partial charge on any atom is 0.0628 e. The number of aliphatic hydroxyl groups is 1. The molecule has 1 rings (SSSR count). The molecule has 0 aliphatic rings. The van der Waals surface area contributed by atoms with Crippen LogP contribution < -0.4 is 0 Å². The zero-order chi connectivity index (χ0) is 13.5. The van der Waals surface area contributed by atoms with Crippen LogP contribution in [0.15, 0.2) is 43.0 Å². The summed E-state index contributed by atoms with van der Waals surface area (Å²) in [6.45, 7) is 10.2. The second-order valence-corrected chi connectivity index (χ2v) is 5.45. The Morgan fingerprint density at radius 3 is 2.33 bits per heavy atom. The highest BCUT2D eigenvalue weighted by atomic mass is 16.3. The van der Waals surface area contributed by atoms with Crippen LogP contribution in [0.25, 0.3) is 0 Å². The van der Waals surface area contributed by atoms with E-state index in [2.05, 4.69) is 44.7 Å². The summed E-state index contributed by atoms with van der Waals surface area (Å²) < 4.78 is 0. The van der Waals surface area contributed by atoms with E-state index in [4.69, 9.17) is 0 Å². The van der Waals surface area contributed by atoms with Crippen molar-refractivity contribution < 1.29 is 5.11 Å². The zero-order valence-corrected chi connectivity index (χ0v) is 11.8. The standard InChI is InChI=1S/C17H26O/c1-5-13(2)17(18)15(4)14(3)11-12-16-9-7-6-8-10-16/h5-10,13-15,17-18H,1,11-12H2,2-4H3/t13-,14-,15+,17+/m0/s1. The number of rotatable bonds is 7. The van der Waals surface area contributed by atoms with Crippen molar-refractivity contribution in [2.75, 3.05) is 0 Å². The van der Waals surface area contributed by atoms with Gasteiger partial charge in [0.05, 0.1) is 6.10 Å². The van der Waals surface area contributed by atoms with Gasteiger partial charge in [0.2, 0.25) is 0 Å². The summed E-state index contributed by atoms with van der Waals surface area (Å²) >= 11 is 0. The molecular formula is C17H26O. The van der Waals surface area contributed by atoms with E-state index < -0.39 is 0 Å². The van der Waals surface area contributed by atoms with Crippen LogP contribution in [0.5, 0.6) is 0 Å². The molecule has 4 atom stereocenters. The predicted molar refractivity (Wildman–Crippen MR) is 78.5 cm³/mol. The molecule has 1 aromatic rings. The lowest BCUT2D eigenvalue weighted by Gasteiger charge is -2.28. The topological polar surface area (TPSA) is 20.2 Å². The Labute approximate surface area is 112 Å². The molecule has 1 heteroatoms. The Morgan fingerprint density at radius 1 is 1.17 bits per heavy atom. The molecule has 1 nitrogen and oxygen atoms in total. The van der Waals surface area contributed by atoms with Crippen molar-refractivity contribution in [2.45, 2.75) is 39.7 Å². The van der Waals surface area contributed by atoms with E-state index in [0.29, 0.717) is 11.8 Å². The van der Waals surface area contributed by atoms with Crippen molar-refractivity contribution in [1.82, 2.24) is 0 Å². The molecule has 1 N–H and O–H groups in total. The van der Waals surface area contributed by atoms with Crippen molar-refractivity contribution in [3.8, 4) is 0 Å². The number of hydrogen-bond donors (Lipinski definition) is 1. The highest BCUT2D eigenvalue weighted by Crippen LogP contribution is 2.25. The molecule has 0 aliphatic carbocycles. The third kappa shape index (κ3) is 4.30. The third-order valence-electron chi connectivity index (χ3n) is 4.08. The Kier molecular flexibility index (Phi) is 6.14. The first-order valence-electron chi connectivity index (χ1n) is 6.90. The van der Waals surface area contributed by atoms with Crippen LogP contribution in [0.2, 0.25) is 0 Å². The van der Waals surface area contributed by atoms with Crippen LogP contribution in [0.1, 0.15) is 32.8 Å². The minimum absolute atomic E-state index is 0.166. The number of benzene rings is 1. The maximum absolute atomic E-state index is 10.2. The van der Waals surface area contributed by atoms with Crippen LogP contribution in [0.3, 0.4) is 0 Å². The van der Waals surface area contributed by atoms with Crippen LogP contribution in [-0.2, 0) is 6.42 Å². The van der Waals surface area contributed by atoms with Gasteiger partial charge in [0.1, 0.15) is 0 Å². The van der Waals surface area contributed by atoms with Gasteiger partial charge in [0.15, 0.2) is 0 Å². The molecule has 0 heterocycles. The van der Waals surface area contributed by atoms with Crippen LogP contribution in [0, 0.1) is 17.8 Å². The zero-order valence-electron chi connectivity index (χ0n) is 11.8. The van der Waals surface area contributed by atoms with Crippen molar-refractivity contribution in [2.24, 2.45) is 17.8 Å². The summed E-state index contributed by atoms with van der Waals surface area (Å²) in [6, 6.07) is 10.5. The molecule has 0 spiro atoms. The average molecular weight is 246 g/mol. The van der Waals surface area contributed by atoms with Gasteiger partial charge >= 0.3 is 0 Å². The highest BCUT2D eigenvalue weighted by molar-refractivity contribution is 5.14. The molecule has 0 bridgehead atoms. The van der Waals surface area contributed by atoms with E-state index in [1.807, 2.05) is 19.1 Å². The predicted octanol–water partition coefficient (Wildman–Crippen LogP) is 4.07. The van der Waals surface area contributed by atoms with Crippen molar-refractivity contribution in [3.05, 3.63) is 48.6 Å². The van der Waals surface area contributed by atoms with E-state index in [1.165, 1.54) is 5.56 Å². The smallest absolute Gasteiger partial charge is 0.0628 e. The largest absolute Gasteiger partial charge is 0.392 e. The molecule has 0 amide bonds. The fourth-order valence-corrected chi connectivity index (χ4v) is 2.26. The van der Waals surface area contributed by atoms with Crippen LogP contribution in [0.4, 0.5) is 0 Å². The lowest BCUT2D eigenvalue weighted by molar-refractivity contribution is 0.0555. The van der Waals surface area contributed by atoms with Crippen LogP contribution >= 0.6 is 0 Å². The molecule has 0 saturated heterocycles. The Hall–Kier alpha value is -1.08. The SMILES string of the molecule is C=C[C@H](C)[C@@H](O)[C@H](C)[C@@H](C)CCc1ccccc1. The molecule has 0 saturated carbocycles. The molecular weight excluding hydrogens is 220 g/mol. The van der Waals surface area contributed by atoms with Gasteiger partial charge in [-0.15, -0.1) is 6.58 Å². The monoisotopic (exact) mass is 246 g/mol. The minimum Gasteiger partial charge on any atom is -0.392 e. The van der Waals surface area contributed by atoms with Crippen molar-refractivity contribution in [3.63, 3.8) is 0 Å². The van der Waals surface area contributed by atoms with E-state index in [1.54, 1.807) is 0 Å². The first kappa shape index (κ1) is 15.0. The quantitative estimate of drug-likeness (QED) is 0.719. The van der Waals surface area contributed by atoms with Crippen molar-refractivity contribution in [1.29, 1.82) is 0 Å². The molecule has 0 unspecified atom stereocenters. The minimum atomic E-state index is -0.284.